The Balaban J connectivity index is 1.73. The van der Waals surface area contributed by atoms with Crippen LogP contribution in [0.15, 0.2) is 60.8 Å². The van der Waals surface area contributed by atoms with E-state index in [0.717, 1.165) is 12.3 Å². The first kappa shape index (κ1) is 14.7. The molecule has 3 aromatic rings. The second-order valence-corrected chi connectivity index (χ2v) is 5.65. The van der Waals surface area contributed by atoms with E-state index in [9.17, 15) is 0 Å². The SMILES string of the molecule is CNC(C)Cn1ccc2cc(OCc3ccccc3)ccc21. The lowest BCUT2D eigenvalue weighted by Gasteiger charge is -2.12. The Kier molecular flexibility index (Phi) is 4.45. The third-order valence-corrected chi connectivity index (χ3v) is 3.95. The van der Waals surface area contributed by atoms with Crippen LogP contribution in [0.1, 0.15) is 12.5 Å². The van der Waals surface area contributed by atoms with Crippen molar-refractivity contribution in [3.63, 3.8) is 0 Å². The van der Waals surface area contributed by atoms with Crippen LogP contribution in [0.3, 0.4) is 0 Å². The molecule has 1 unspecified atom stereocenters. The summed E-state index contributed by atoms with van der Waals surface area (Å²) in [5.74, 6) is 0.913. The van der Waals surface area contributed by atoms with Gasteiger partial charge in [0.05, 0.1) is 0 Å². The normalized spacial score (nSPS) is 12.5. The third-order valence-electron chi connectivity index (χ3n) is 3.95. The number of hydrogen-bond acceptors (Lipinski definition) is 2. The molecule has 114 valence electrons. The van der Waals surface area contributed by atoms with Crippen LogP contribution in [0.25, 0.3) is 10.9 Å². The fourth-order valence-corrected chi connectivity index (χ4v) is 2.55. The Morgan fingerprint density at radius 1 is 1.09 bits per heavy atom. The first-order chi connectivity index (χ1) is 10.8. The Morgan fingerprint density at radius 2 is 1.91 bits per heavy atom. The largest absolute Gasteiger partial charge is 0.489 e. The second-order valence-electron chi connectivity index (χ2n) is 5.65. The van der Waals surface area contributed by atoms with Crippen molar-refractivity contribution >= 4 is 10.9 Å². The van der Waals surface area contributed by atoms with Gasteiger partial charge in [0.15, 0.2) is 0 Å². The van der Waals surface area contributed by atoms with Gasteiger partial charge in [-0.3, -0.25) is 0 Å². The van der Waals surface area contributed by atoms with E-state index in [1.54, 1.807) is 0 Å². The fourth-order valence-electron chi connectivity index (χ4n) is 2.55. The molecular weight excluding hydrogens is 272 g/mol. The zero-order valence-corrected chi connectivity index (χ0v) is 13.1. The summed E-state index contributed by atoms with van der Waals surface area (Å²) in [6.45, 7) is 3.75. The van der Waals surface area contributed by atoms with Crippen LogP contribution in [0, 0.1) is 0 Å². The molecule has 0 spiro atoms. The molecule has 3 nitrogen and oxygen atoms in total. The number of likely N-dealkylation sites (N-methyl/N-ethyl adjacent to an activating group) is 1. The molecule has 1 atom stereocenters. The highest BCUT2D eigenvalue weighted by molar-refractivity contribution is 5.81. The Labute approximate surface area is 131 Å². The topological polar surface area (TPSA) is 26.2 Å². The lowest BCUT2D eigenvalue weighted by Crippen LogP contribution is -2.26. The Bertz CT molecular complexity index is 734. The minimum absolute atomic E-state index is 0.449. The van der Waals surface area contributed by atoms with E-state index in [0.29, 0.717) is 12.6 Å². The molecule has 2 aromatic carbocycles. The van der Waals surface area contributed by atoms with E-state index in [1.165, 1.54) is 16.5 Å². The van der Waals surface area contributed by atoms with Crippen molar-refractivity contribution in [3.8, 4) is 5.75 Å². The maximum absolute atomic E-state index is 5.89. The maximum atomic E-state index is 5.89. The van der Waals surface area contributed by atoms with Crippen LogP contribution in [0.2, 0.25) is 0 Å². The lowest BCUT2D eigenvalue weighted by atomic mass is 10.2. The zero-order valence-electron chi connectivity index (χ0n) is 13.1. The quantitative estimate of drug-likeness (QED) is 0.748. The number of hydrogen-bond donors (Lipinski definition) is 1. The lowest BCUT2D eigenvalue weighted by molar-refractivity contribution is 0.306. The zero-order chi connectivity index (χ0) is 15.4. The van der Waals surface area contributed by atoms with Crippen LogP contribution in [-0.4, -0.2) is 17.7 Å². The van der Waals surface area contributed by atoms with Crippen molar-refractivity contribution < 1.29 is 4.74 Å². The highest BCUT2D eigenvalue weighted by Crippen LogP contribution is 2.23. The van der Waals surface area contributed by atoms with Crippen molar-refractivity contribution in [2.24, 2.45) is 0 Å². The first-order valence-electron chi connectivity index (χ1n) is 7.69. The molecule has 0 fully saturated rings. The van der Waals surface area contributed by atoms with Crippen LogP contribution in [0.4, 0.5) is 0 Å². The molecule has 1 N–H and O–H groups in total. The predicted molar refractivity (Wildman–Crippen MR) is 91.2 cm³/mol. The number of rotatable bonds is 6. The molecule has 0 aliphatic carbocycles. The number of benzene rings is 2. The molecule has 22 heavy (non-hydrogen) atoms. The van der Waals surface area contributed by atoms with Crippen LogP contribution in [0.5, 0.6) is 5.75 Å². The van der Waals surface area contributed by atoms with E-state index in [1.807, 2.05) is 31.3 Å². The fraction of sp³-hybridized carbons (Fsp3) is 0.263. The molecule has 1 heterocycles. The van der Waals surface area contributed by atoms with Gasteiger partial charge in [0, 0.05) is 29.7 Å². The first-order valence-corrected chi connectivity index (χ1v) is 7.69. The summed E-state index contributed by atoms with van der Waals surface area (Å²) >= 11 is 0. The minimum Gasteiger partial charge on any atom is -0.489 e. The van der Waals surface area contributed by atoms with E-state index >= 15 is 0 Å². The number of nitrogens with zero attached hydrogens (tertiary/aromatic N) is 1. The van der Waals surface area contributed by atoms with Crippen molar-refractivity contribution in [2.45, 2.75) is 26.1 Å². The summed E-state index contributed by atoms with van der Waals surface area (Å²) in [7, 11) is 1.99. The molecule has 0 radical (unpaired) electrons. The van der Waals surface area contributed by atoms with E-state index in [2.05, 4.69) is 53.3 Å². The molecular formula is C19H22N2O. The third kappa shape index (κ3) is 3.31. The number of ether oxygens (including phenoxy) is 1. The molecule has 0 saturated carbocycles. The van der Waals surface area contributed by atoms with E-state index < -0.39 is 0 Å². The van der Waals surface area contributed by atoms with Crippen LogP contribution < -0.4 is 10.1 Å². The molecule has 0 saturated heterocycles. The average molecular weight is 294 g/mol. The molecule has 3 heteroatoms. The van der Waals surface area contributed by atoms with E-state index in [4.69, 9.17) is 4.74 Å². The molecule has 0 aliphatic heterocycles. The number of fused-ring (bicyclic) bond motifs is 1. The van der Waals surface area contributed by atoms with Crippen LogP contribution >= 0.6 is 0 Å². The summed E-state index contributed by atoms with van der Waals surface area (Å²) in [5, 5.41) is 4.49. The summed E-state index contributed by atoms with van der Waals surface area (Å²) in [6.07, 6.45) is 2.14. The standard InChI is InChI=1S/C19H22N2O/c1-15(20-2)13-21-11-10-17-12-18(8-9-19(17)21)22-14-16-6-4-3-5-7-16/h3-12,15,20H,13-14H2,1-2H3. The van der Waals surface area contributed by atoms with Crippen molar-refractivity contribution in [2.75, 3.05) is 7.05 Å². The van der Waals surface area contributed by atoms with Gasteiger partial charge in [-0.05, 0) is 43.8 Å². The summed E-state index contributed by atoms with van der Waals surface area (Å²) in [4.78, 5) is 0. The molecule has 0 bridgehead atoms. The van der Waals surface area contributed by atoms with Gasteiger partial charge in [0.1, 0.15) is 12.4 Å². The molecule has 0 aliphatic rings. The van der Waals surface area contributed by atoms with Crippen LogP contribution in [-0.2, 0) is 13.2 Å². The predicted octanol–water partition coefficient (Wildman–Crippen LogP) is 3.83. The monoisotopic (exact) mass is 294 g/mol. The molecule has 1 aromatic heterocycles. The smallest absolute Gasteiger partial charge is 0.120 e. The average Bonchev–Trinajstić information content (AvgIpc) is 2.96. The minimum atomic E-state index is 0.449. The maximum Gasteiger partial charge on any atom is 0.120 e. The van der Waals surface area contributed by atoms with Gasteiger partial charge in [0.25, 0.3) is 0 Å². The summed E-state index contributed by atoms with van der Waals surface area (Å²) in [5.41, 5.74) is 2.43. The van der Waals surface area contributed by atoms with Gasteiger partial charge in [-0.1, -0.05) is 30.3 Å². The number of aromatic nitrogens is 1. The van der Waals surface area contributed by atoms with Crippen molar-refractivity contribution in [3.05, 3.63) is 66.4 Å². The van der Waals surface area contributed by atoms with Gasteiger partial charge in [-0.2, -0.15) is 0 Å². The molecule has 0 amide bonds. The molecule has 3 rings (SSSR count). The van der Waals surface area contributed by atoms with Gasteiger partial charge >= 0.3 is 0 Å². The highest BCUT2D eigenvalue weighted by atomic mass is 16.5. The van der Waals surface area contributed by atoms with E-state index in [-0.39, 0.29) is 0 Å². The van der Waals surface area contributed by atoms with Gasteiger partial charge in [-0.15, -0.1) is 0 Å². The second kappa shape index (κ2) is 6.67. The Hall–Kier alpha value is -2.26. The summed E-state index contributed by atoms with van der Waals surface area (Å²) in [6, 6.07) is 19.1. The van der Waals surface area contributed by atoms with Gasteiger partial charge < -0.3 is 14.6 Å². The van der Waals surface area contributed by atoms with Gasteiger partial charge in [0.2, 0.25) is 0 Å². The number of nitrogens with one attached hydrogen (secondary N) is 1. The van der Waals surface area contributed by atoms with Crippen molar-refractivity contribution in [1.29, 1.82) is 0 Å². The van der Waals surface area contributed by atoms with Crippen molar-refractivity contribution in [1.82, 2.24) is 9.88 Å². The Morgan fingerprint density at radius 3 is 2.68 bits per heavy atom. The highest BCUT2D eigenvalue weighted by Gasteiger charge is 2.06. The summed E-state index contributed by atoms with van der Waals surface area (Å²) < 4.78 is 8.17. The van der Waals surface area contributed by atoms with Gasteiger partial charge in [-0.25, -0.2) is 0 Å².